The van der Waals surface area contributed by atoms with E-state index in [-0.39, 0.29) is 5.78 Å². The highest BCUT2D eigenvalue weighted by Crippen LogP contribution is 2.46. The molecular formula is C17H11NO2. The van der Waals surface area contributed by atoms with Gasteiger partial charge in [0.15, 0.2) is 11.4 Å². The van der Waals surface area contributed by atoms with Crippen molar-refractivity contribution in [3.8, 4) is 6.07 Å². The van der Waals surface area contributed by atoms with Crippen LogP contribution in [0.1, 0.15) is 29.3 Å². The summed E-state index contributed by atoms with van der Waals surface area (Å²) in [7, 11) is 0. The highest BCUT2D eigenvalue weighted by atomic mass is 16.5. The number of carbonyl (C=O) groups is 1. The summed E-state index contributed by atoms with van der Waals surface area (Å²) in [5, 5.41) is 11.2. The number of nitrogens with zero attached hydrogens (tertiary/aromatic N) is 1. The lowest BCUT2D eigenvalue weighted by atomic mass is 9.85. The molecule has 0 N–H and O–H groups in total. The molecule has 0 amide bonds. The van der Waals surface area contributed by atoms with E-state index in [1.54, 1.807) is 6.92 Å². The van der Waals surface area contributed by atoms with Crippen LogP contribution in [0, 0.1) is 11.3 Å². The number of Topliss-reactive ketones (excluding diaryl/α,β-unsaturated/α-hetero) is 1. The summed E-state index contributed by atoms with van der Waals surface area (Å²) in [6.07, 6.45) is 0.350. The molecule has 0 radical (unpaired) electrons. The van der Waals surface area contributed by atoms with Gasteiger partial charge >= 0.3 is 0 Å². The van der Waals surface area contributed by atoms with Gasteiger partial charge in [-0.25, -0.2) is 0 Å². The molecule has 0 fully saturated rings. The second-order valence-electron chi connectivity index (χ2n) is 5.47. The van der Waals surface area contributed by atoms with Gasteiger partial charge < -0.3 is 4.74 Å². The molecule has 1 atom stereocenters. The van der Waals surface area contributed by atoms with Crippen LogP contribution in [0.3, 0.4) is 0 Å². The predicted molar refractivity (Wildman–Crippen MR) is 74.9 cm³/mol. The van der Waals surface area contributed by atoms with Gasteiger partial charge in [-0.05, 0) is 12.3 Å². The number of hydrogen-bond donors (Lipinski definition) is 0. The van der Waals surface area contributed by atoms with Crippen LogP contribution in [0.5, 0.6) is 0 Å². The molecule has 1 aliphatic heterocycles. The van der Waals surface area contributed by atoms with E-state index in [4.69, 9.17) is 4.74 Å². The van der Waals surface area contributed by atoms with E-state index in [9.17, 15) is 10.1 Å². The number of fused-ring (bicyclic) bond motifs is 1. The molecule has 0 aromatic heterocycles. The lowest BCUT2D eigenvalue weighted by molar-refractivity contribution is 0.102. The molecule has 2 aliphatic rings. The summed E-state index contributed by atoms with van der Waals surface area (Å²) in [4.78, 5) is 12.6. The number of ketones is 1. The Morgan fingerprint density at radius 1 is 1.20 bits per heavy atom. The number of carbonyl (C=O) groups excluding carboxylic acids is 1. The topological polar surface area (TPSA) is 50.1 Å². The van der Waals surface area contributed by atoms with Crippen LogP contribution in [-0.4, -0.2) is 11.4 Å². The second kappa shape index (κ2) is 3.49. The summed E-state index contributed by atoms with van der Waals surface area (Å²) in [6, 6.07) is 13.8. The third-order valence-electron chi connectivity index (χ3n) is 4.02. The van der Waals surface area contributed by atoms with Gasteiger partial charge in [-0.3, -0.25) is 4.79 Å². The van der Waals surface area contributed by atoms with Crippen LogP contribution in [0.4, 0.5) is 0 Å². The Kier molecular flexibility index (Phi) is 1.96. The van der Waals surface area contributed by atoms with Gasteiger partial charge in [-0.2, -0.15) is 5.26 Å². The van der Waals surface area contributed by atoms with Crippen LogP contribution in [0.2, 0.25) is 0 Å². The average molecular weight is 261 g/mol. The van der Waals surface area contributed by atoms with Crippen molar-refractivity contribution in [2.24, 2.45) is 0 Å². The van der Waals surface area contributed by atoms with Crippen LogP contribution in [-0.2, 0) is 4.74 Å². The number of nitriles is 1. The van der Waals surface area contributed by atoms with E-state index in [2.05, 4.69) is 6.07 Å². The van der Waals surface area contributed by atoms with Gasteiger partial charge in [0.2, 0.25) is 0 Å². The van der Waals surface area contributed by atoms with Crippen molar-refractivity contribution < 1.29 is 9.53 Å². The second-order valence-corrected chi connectivity index (χ2v) is 5.47. The molecule has 1 aliphatic carbocycles. The van der Waals surface area contributed by atoms with Crippen LogP contribution in [0.15, 0.2) is 42.0 Å². The monoisotopic (exact) mass is 261 g/mol. The predicted octanol–water partition coefficient (Wildman–Crippen LogP) is 3.45. The maximum atomic E-state index is 12.6. The highest BCUT2D eigenvalue weighted by molar-refractivity contribution is 6.24. The van der Waals surface area contributed by atoms with Crippen LogP contribution >= 0.6 is 0 Å². The molecule has 3 heteroatoms. The van der Waals surface area contributed by atoms with Crippen LogP contribution < -0.4 is 0 Å². The van der Waals surface area contributed by atoms with Crippen molar-refractivity contribution in [3.63, 3.8) is 0 Å². The molecular weight excluding hydrogens is 250 g/mol. The lowest BCUT2D eigenvalue weighted by Gasteiger charge is -2.19. The van der Waals surface area contributed by atoms with E-state index in [0.717, 1.165) is 16.3 Å². The third-order valence-corrected chi connectivity index (χ3v) is 4.02. The normalized spacial score (nSPS) is 23.5. The van der Waals surface area contributed by atoms with Gasteiger partial charge in [0.05, 0.1) is 0 Å². The van der Waals surface area contributed by atoms with Gasteiger partial charge in [-0.1, -0.05) is 36.4 Å². The molecule has 2 aromatic rings. The minimum atomic E-state index is -0.940. The van der Waals surface area contributed by atoms with Crippen molar-refractivity contribution in [3.05, 3.63) is 53.1 Å². The van der Waals surface area contributed by atoms with Gasteiger partial charge in [0, 0.05) is 28.5 Å². The van der Waals surface area contributed by atoms with Crippen molar-refractivity contribution in [2.45, 2.75) is 18.9 Å². The SMILES string of the molecule is CC1(C#N)CC2=C(O1)c1cccc3cccc(c13)C2=O. The number of ether oxygens (including phenoxy) is 1. The van der Waals surface area contributed by atoms with Crippen molar-refractivity contribution in [2.75, 3.05) is 0 Å². The molecule has 4 rings (SSSR count). The van der Waals surface area contributed by atoms with Crippen LogP contribution in [0.25, 0.3) is 16.5 Å². The van der Waals surface area contributed by atoms with E-state index in [1.165, 1.54) is 0 Å². The van der Waals surface area contributed by atoms with E-state index in [0.29, 0.717) is 23.3 Å². The fourth-order valence-electron chi connectivity index (χ4n) is 3.09. The van der Waals surface area contributed by atoms with Gasteiger partial charge in [0.25, 0.3) is 0 Å². The minimum absolute atomic E-state index is 0.0109. The molecule has 3 nitrogen and oxygen atoms in total. The summed E-state index contributed by atoms with van der Waals surface area (Å²) in [6.45, 7) is 1.73. The molecule has 0 bridgehead atoms. The summed E-state index contributed by atoms with van der Waals surface area (Å²) in [5.41, 5.74) is 1.32. The third kappa shape index (κ3) is 1.26. The first kappa shape index (κ1) is 11.2. The van der Waals surface area contributed by atoms with E-state index in [1.807, 2.05) is 36.4 Å². The Morgan fingerprint density at radius 3 is 2.60 bits per heavy atom. The number of benzene rings is 2. The number of rotatable bonds is 0. The van der Waals surface area contributed by atoms with Crippen molar-refractivity contribution in [1.82, 2.24) is 0 Å². The van der Waals surface area contributed by atoms with E-state index >= 15 is 0 Å². The average Bonchev–Trinajstić information content (AvgIpc) is 2.84. The lowest BCUT2D eigenvalue weighted by Crippen LogP contribution is -2.21. The van der Waals surface area contributed by atoms with Crippen molar-refractivity contribution in [1.29, 1.82) is 5.26 Å². The quantitative estimate of drug-likeness (QED) is 0.729. The molecule has 1 unspecified atom stereocenters. The zero-order chi connectivity index (χ0) is 13.9. The van der Waals surface area contributed by atoms with Gasteiger partial charge in [-0.15, -0.1) is 0 Å². The summed E-state index contributed by atoms with van der Waals surface area (Å²) >= 11 is 0. The minimum Gasteiger partial charge on any atom is -0.471 e. The first-order valence-electron chi connectivity index (χ1n) is 6.53. The molecule has 0 spiro atoms. The fraction of sp³-hybridized carbons (Fsp3) is 0.176. The molecule has 0 saturated carbocycles. The van der Waals surface area contributed by atoms with Crippen molar-refractivity contribution >= 4 is 22.3 Å². The zero-order valence-electron chi connectivity index (χ0n) is 10.9. The molecule has 0 saturated heterocycles. The maximum absolute atomic E-state index is 12.6. The zero-order valence-corrected chi connectivity index (χ0v) is 10.9. The Bertz CT molecular complexity index is 852. The molecule has 20 heavy (non-hydrogen) atoms. The molecule has 2 aromatic carbocycles. The first-order valence-corrected chi connectivity index (χ1v) is 6.53. The summed E-state index contributed by atoms with van der Waals surface area (Å²) < 4.78 is 5.82. The molecule has 96 valence electrons. The molecule has 1 heterocycles. The van der Waals surface area contributed by atoms with Gasteiger partial charge in [0.1, 0.15) is 11.8 Å². The Balaban J connectivity index is 2.06. The standard InChI is InChI=1S/C17H11NO2/c1-17(9-18)8-13-15(19)11-6-2-4-10-5-3-7-12(14(10)11)16(13)20-17/h2-7H,8H2,1H3. The summed E-state index contributed by atoms with van der Waals surface area (Å²) in [5.74, 6) is 0.576. The van der Waals surface area contributed by atoms with E-state index < -0.39 is 5.60 Å². The smallest absolute Gasteiger partial charge is 0.195 e. The highest BCUT2D eigenvalue weighted by Gasteiger charge is 2.43. The largest absolute Gasteiger partial charge is 0.471 e. The fourth-order valence-corrected chi connectivity index (χ4v) is 3.09. The Hall–Kier alpha value is -2.60. The first-order chi connectivity index (χ1) is 9.63. The number of hydrogen-bond acceptors (Lipinski definition) is 3. The Morgan fingerprint density at radius 2 is 1.90 bits per heavy atom. The Labute approximate surface area is 116 Å². The maximum Gasteiger partial charge on any atom is 0.195 e.